The van der Waals surface area contributed by atoms with E-state index in [9.17, 15) is 27.1 Å². The summed E-state index contributed by atoms with van der Waals surface area (Å²) < 4.78 is 71.5. The molecule has 2 heterocycles. The summed E-state index contributed by atoms with van der Waals surface area (Å²) in [6.45, 7) is 3.29. The molecule has 0 amide bonds. The monoisotopic (exact) mass is 489 g/mol. The number of aromatic nitrogens is 1. The van der Waals surface area contributed by atoms with Crippen LogP contribution >= 0.6 is 0 Å². The number of nitrogens with one attached hydrogen (secondary N) is 1. The largest absolute Gasteiger partial charge is 0.481 e. The number of nitrogens with zero attached hydrogens (tertiary/aromatic N) is 2. The Labute approximate surface area is 192 Å². The molecule has 7 nitrogen and oxygen atoms in total. The summed E-state index contributed by atoms with van der Waals surface area (Å²) in [7, 11) is -4.94. The number of aryl methyl sites for hydroxylation is 1. The molecule has 0 saturated carbocycles. The maximum Gasteiger partial charge on any atom is 0.307 e. The van der Waals surface area contributed by atoms with Gasteiger partial charge in [-0.1, -0.05) is 0 Å². The number of carbonyl (C=O) groups is 1. The Morgan fingerprint density at radius 2 is 1.82 bits per heavy atom. The van der Waals surface area contributed by atoms with Crippen LogP contribution in [0.4, 0.5) is 24.5 Å². The van der Waals surface area contributed by atoms with Gasteiger partial charge in [0, 0.05) is 17.5 Å². The van der Waals surface area contributed by atoms with E-state index in [-0.39, 0.29) is 21.8 Å². The lowest BCUT2D eigenvalue weighted by atomic mass is 10.0. The fourth-order valence-corrected chi connectivity index (χ4v) is 5.46. The Morgan fingerprint density at radius 3 is 2.50 bits per heavy atom. The minimum atomic E-state index is -4.94. The third-order valence-corrected chi connectivity index (χ3v) is 7.15. The second-order valence-electron chi connectivity index (χ2n) is 7.81. The van der Waals surface area contributed by atoms with Gasteiger partial charge in [-0.2, -0.15) is 0 Å². The van der Waals surface area contributed by atoms with Gasteiger partial charge in [0.05, 0.1) is 35.4 Å². The average Bonchev–Trinajstić information content (AvgIpc) is 3.04. The second kappa shape index (κ2) is 8.56. The van der Waals surface area contributed by atoms with E-state index in [4.69, 9.17) is 0 Å². The Balaban J connectivity index is 1.89. The molecule has 0 spiro atoms. The smallest absolute Gasteiger partial charge is 0.307 e. The molecule has 34 heavy (non-hydrogen) atoms. The molecule has 1 aromatic heterocycles. The highest BCUT2D eigenvalue weighted by Gasteiger charge is 2.32. The molecule has 3 aromatic rings. The zero-order valence-corrected chi connectivity index (χ0v) is 18.8. The molecule has 0 aliphatic carbocycles. The lowest BCUT2D eigenvalue weighted by molar-refractivity contribution is -0.135. The number of fused-ring (bicyclic) bond motifs is 1. The molecule has 1 unspecified atom stereocenters. The van der Waals surface area contributed by atoms with Crippen molar-refractivity contribution >= 4 is 32.8 Å². The van der Waals surface area contributed by atoms with Crippen molar-refractivity contribution in [1.29, 1.82) is 0 Å². The molecule has 1 aliphatic heterocycles. The molecule has 1 aliphatic rings. The van der Waals surface area contributed by atoms with Gasteiger partial charge in [-0.3, -0.25) is 14.8 Å². The predicted molar refractivity (Wildman–Crippen MR) is 116 cm³/mol. The molecule has 176 valence electrons. The van der Waals surface area contributed by atoms with E-state index in [1.165, 1.54) is 19.2 Å². The quantitative estimate of drug-likeness (QED) is 0.551. The number of rotatable bonds is 6. The normalized spacial score (nSPS) is 15.1. The van der Waals surface area contributed by atoms with Crippen molar-refractivity contribution in [3.63, 3.8) is 0 Å². The van der Waals surface area contributed by atoms with Gasteiger partial charge in [-0.05, 0) is 49.2 Å². The van der Waals surface area contributed by atoms with Gasteiger partial charge in [0.25, 0.3) is 0 Å². The first-order chi connectivity index (χ1) is 16.0. The standard InChI is InChI=1S/C23H18F3N3O4S/c1-11-5-13(10-27-9-11)29-19-7-17(26)20(8-16(19)25)34(32,33)23-15(24)3-4-18-22(23)14(6-21(30)31)12(2)28-18/h3-5,7-10,12,29H,6H2,1-2H3,(H,30,31). The molecular formula is C23H18F3N3O4S. The molecule has 0 bridgehead atoms. The minimum Gasteiger partial charge on any atom is -0.481 e. The zero-order valence-electron chi connectivity index (χ0n) is 17.9. The second-order valence-corrected chi connectivity index (χ2v) is 9.67. The number of carboxylic acids is 1. The molecule has 11 heteroatoms. The number of pyridine rings is 1. The van der Waals surface area contributed by atoms with Gasteiger partial charge in [0.1, 0.15) is 27.2 Å². The molecule has 0 fully saturated rings. The van der Waals surface area contributed by atoms with Crippen LogP contribution in [0, 0.1) is 24.4 Å². The Hall–Kier alpha value is -3.73. The van der Waals surface area contributed by atoms with E-state index < -0.39 is 55.5 Å². The average molecular weight is 489 g/mol. The van der Waals surface area contributed by atoms with Crippen LogP contribution in [0.25, 0.3) is 5.57 Å². The maximum absolute atomic E-state index is 15.0. The maximum atomic E-state index is 15.0. The van der Waals surface area contributed by atoms with E-state index in [2.05, 4.69) is 15.3 Å². The summed E-state index contributed by atoms with van der Waals surface area (Å²) in [6.07, 6.45) is 2.35. The first-order valence-electron chi connectivity index (χ1n) is 10.0. The number of carboxylic acid groups (broad SMARTS) is 1. The highest BCUT2D eigenvalue weighted by atomic mass is 32.2. The number of sulfone groups is 1. The lowest BCUT2D eigenvalue weighted by Crippen LogP contribution is -2.32. The van der Waals surface area contributed by atoms with Gasteiger partial charge >= 0.3 is 5.97 Å². The summed E-state index contributed by atoms with van der Waals surface area (Å²) in [5.41, 5.74) is 0.826. The van der Waals surface area contributed by atoms with E-state index in [1.807, 2.05) is 0 Å². The van der Waals surface area contributed by atoms with Crippen LogP contribution in [0.1, 0.15) is 18.9 Å². The number of hydrogen-bond acceptors (Lipinski definition) is 6. The molecular weight excluding hydrogens is 471 g/mol. The van der Waals surface area contributed by atoms with E-state index in [1.54, 1.807) is 19.2 Å². The van der Waals surface area contributed by atoms with Gasteiger partial charge in [0.2, 0.25) is 9.84 Å². The van der Waals surface area contributed by atoms with Crippen molar-refractivity contribution in [2.24, 2.45) is 4.99 Å². The van der Waals surface area contributed by atoms with Crippen molar-refractivity contribution < 1.29 is 31.5 Å². The third-order valence-electron chi connectivity index (χ3n) is 5.32. The highest BCUT2D eigenvalue weighted by molar-refractivity contribution is 7.91. The van der Waals surface area contributed by atoms with Crippen molar-refractivity contribution in [3.05, 3.63) is 76.3 Å². The van der Waals surface area contributed by atoms with Gasteiger partial charge < -0.3 is 10.4 Å². The molecule has 0 radical (unpaired) electrons. The number of anilines is 2. The number of hydrogen-bond donors (Lipinski definition) is 2. The van der Waals surface area contributed by atoms with Crippen molar-refractivity contribution in [2.75, 3.05) is 5.32 Å². The highest BCUT2D eigenvalue weighted by Crippen LogP contribution is 2.30. The number of aliphatic carboxylic acids is 1. The molecule has 2 aromatic carbocycles. The van der Waals surface area contributed by atoms with Crippen molar-refractivity contribution in [1.82, 2.24) is 4.98 Å². The van der Waals surface area contributed by atoms with Crippen LogP contribution in [0.2, 0.25) is 0 Å². The Bertz CT molecular complexity index is 1570. The number of halogens is 3. The molecule has 0 saturated heterocycles. The van der Waals surface area contributed by atoms with E-state index >= 15 is 4.39 Å². The third kappa shape index (κ3) is 4.14. The SMILES string of the molecule is Cc1cncc(Nc2cc(F)c(S(=O)(=O)c3c(F)ccc4c3=C(CC(=O)O)C(C)N=4)cc2F)c1. The predicted octanol–water partition coefficient (Wildman–Crippen LogP) is 3.03. The van der Waals surface area contributed by atoms with Crippen LogP contribution in [0.15, 0.2) is 57.5 Å². The topological polar surface area (TPSA) is 109 Å². The fourth-order valence-electron chi connectivity index (χ4n) is 3.84. The van der Waals surface area contributed by atoms with Crippen LogP contribution in [-0.4, -0.2) is 30.5 Å². The summed E-state index contributed by atoms with van der Waals surface area (Å²) in [5.74, 6) is -4.90. The van der Waals surface area contributed by atoms with Crippen molar-refractivity contribution in [3.8, 4) is 0 Å². The van der Waals surface area contributed by atoms with E-state index in [0.717, 1.165) is 11.6 Å². The van der Waals surface area contributed by atoms with Gasteiger partial charge in [-0.15, -0.1) is 0 Å². The van der Waals surface area contributed by atoms with Gasteiger partial charge in [-0.25, -0.2) is 21.6 Å². The number of benzene rings is 2. The molecule has 2 N–H and O–H groups in total. The Morgan fingerprint density at radius 1 is 1.09 bits per heavy atom. The zero-order chi connectivity index (χ0) is 24.8. The van der Waals surface area contributed by atoms with Crippen LogP contribution < -0.4 is 15.9 Å². The summed E-state index contributed by atoms with van der Waals surface area (Å²) in [5, 5.41) is 11.7. The minimum absolute atomic E-state index is 0.0617. The Kier molecular flexibility index (Phi) is 5.90. The van der Waals surface area contributed by atoms with Crippen LogP contribution in [0.5, 0.6) is 0 Å². The van der Waals surface area contributed by atoms with Gasteiger partial charge in [0.15, 0.2) is 0 Å². The first kappa shape index (κ1) is 23.4. The summed E-state index contributed by atoms with van der Waals surface area (Å²) >= 11 is 0. The van der Waals surface area contributed by atoms with Crippen molar-refractivity contribution in [2.45, 2.75) is 36.1 Å². The summed E-state index contributed by atoms with van der Waals surface area (Å²) in [4.78, 5) is 17.4. The fraction of sp³-hybridized carbons (Fsp3) is 0.174. The summed E-state index contributed by atoms with van der Waals surface area (Å²) in [6, 6.07) is 4.08. The van der Waals surface area contributed by atoms with E-state index in [0.29, 0.717) is 17.8 Å². The first-order valence-corrected chi connectivity index (χ1v) is 11.5. The molecule has 4 rings (SSSR count). The lowest BCUT2D eigenvalue weighted by Gasteiger charge is -2.13. The molecule has 1 atom stereocenters. The van der Waals surface area contributed by atoms with Crippen LogP contribution in [-0.2, 0) is 14.6 Å². The van der Waals surface area contributed by atoms with Crippen LogP contribution in [0.3, 0.4) is 0 Å².